The van der Waals surface area contributed by atoms with Crippen LogP contribution in [0.15, 0.2) is 65.4 Å². The van der Waals surface area contributed by atoms with Gasteiger partial charge in [0.2, 0.25) is 11.8 Å². The number of benzene rings is 2. The molecule has 8 heteroatoms. The third-order valence-electron chi connectivity index (χ3n) is 4.26. The standard InChI is InChI=1S/C21H16FN3O2S2/c22-16-8-6-14(7-9-16)17-11-29-21(23-17)24-19(26)10-25-18(12-28-13-20(25)27)15-4-2-1-3-5-15/h1-9,11-12H,10,13H2,(H,23,24,26). The van der Waals surface area contributed by atoms with Gasteiger partial charge < -0.3 is 10.2 Å². The van der Waals surface area contributed by atoms with Gasteiger partial charge in [0.15, 0.2) is 5.13 Å². The maximum Gasteiger partial charge on any atom is 0.246 e. The van der Waals surface area contributed by atoms with Gasteiger partial charge in [0.05, 0.1) is 17.1 Å². The summed E-state index contributed by atoms with van der Waals surface area (Å²) in [7, 11) is 0. The van der Waals surface area contributed by atoms with Gasteiger partial charge >= 0.3 is 0 Å². The zero-order valence-electron chi connectivity index (χ0n) is 15.2. The van der Waals surface area contributed by atoms with Crippen LogP contribution in [0.4, 0.5) is 9.52 Å². The average molecular weight is 426 g/mol. The molecule has 0 radical (unpaired) electrons. The molecule has 29 heavy (non-hydrogen) atoms. The number of amides is 2. The van der Waals surface area contributed by atoms with E-state index >= 15 is 0 Å². The van der Waals surface area contributed by atoms with Crippen LogP contribution in [-0.4, -0.2) is 34.0 Å². The molecule has 0 aliphatic carbocycles. The van der Waals surface area contributed by atoms with Crippen molar-refractivity contribution in [2.24, 2.45) is 0 Å². The lowest BCUT2D eigenvalue weighted by atomic mass is 10.1. The Morgan fingerprint density at radius 3 is 2.62 bits per heavy atom. The molecular weight excluding hydrogens is 409 g/mol. The molecule has 5 nitrogen and oxygen atoms in total. The van der Waals surface area contributed by atoms with Crippen LogP contribution in [0.25, 0.3) is 17.0 Å². The van der Waals surface area contributed by atoms with E-state index in [1.807, 2.05) is 35.7 Å². The molecule has 0 spiro atoms. The number of hydrogen-bond donors (Lipinski definition) is 1. The fourth-order valence-corrected chi connectivity index (χ4v) is 4.40. The van der Waals surface area contributed by atoms with E-state index in [0.29, 0.717) is 22.3 Å². The highest BCUT2D eigenvalue weighted by atomic mass is 32.2. The lowest BCUT2D eigenvalue weighted by Crippen LogP contribution is -2.39. The van der Waals surface area contributed by atoms with Gasteiger partial charge in [-0.15, -0.1) is 23.1 Å². The number of hydrogen-bond acceptors (Lipinski definition) is 5. The Hall–Kier alpha value is -2.97. The van der Waals surface area contributed by atoms with Crippen LogP contribution in [0, 0.1) is 5.82 Å². The number of nitrogens with zero attached hydrogens (tertiary/aromatic N) is 2. The first-order chi connectivity index (χ1) is 14.1. The largest absolute Gasteiger partial charge is 0.301 e. The van der Waals surface area contributed by atoms with Gasteiger partial charge in [-0.3, -0.25) is 9.59 Å². The summed E-state index contributed by atoms with van der Waals surface area (Å²) in [5.74, 6) is -0.455. The van der Waals surface area contributed by atoms with Crippen molar-refractivity contribution in [3.8, 4) is 11.3 Å². The molecule has 0 saturated heterocycles. The van der Waals surface area contributed by atoms with Crippen molar-refractivity contribution in [2.75, 3.05) is 17.6 Å². The first-order valence-electron chi connectivity index (χ1n) is 8.79. The van der Waals surface area contributed by atoms with Gasteiger partial charge in [-0.05, 0) is 35.2 Å². The van der Waals surface area contributed by atoms with E-state index in [1.54, 1.807) is 17.5 Å². The summed E-state index contributed by atoms with van der Waals surface area (Å²) < 4.78 is 13.1. The molecule has 0 unspecified atom stereocenters. The zero-order chi connectivity index (χ0) is 20.2. The summed E-state index contributed by atoms with van der Waals surface area (Å²) in [4.78, 5) is 30.9. The average Bonchev–Trinajstić information content (AvgIpc) is 3.19. The van der Waals surface area contributed by atoms with Crippen molar-refractivity contribution >= 4 is 45.7 Å². The minimum Gasteiger partial charge on any atom is -0.301 e. The highest BCUT2D eigenvalue weighted by Gasteiger charge is 2.25. The predicted molar refractivity (Wildman–Crippen MR) is 115 cm³/mol. The number of anilines is 1. The zero-order valence-corrected chi connectivity index (χ0v) is 16.8. The summed E-state index contributed by atoms with van der Waals surface area (Å²) >= 11 is 2.70. The molecule has 2 heterocycles. The number of carbonyl (C=O) groups is 2. The molecule has 146 valence electrons. The molecule has 0 atom stereocenters. The molecule has 0 bridgehead atoms. The Morgan fingerprint density at radius 2 is 1.86 bits per heavy atom. The Morgan fingerprint density at radius 1 is 1.10 bits per heavy atom. The molecule has 1 N–H and O–H groups in total. The van der Waals surface area contributed by atoms with Crippen molar-refractivity contribution < 1.29 is 14.0 Å². The van der Waals surface area contributed by atoms with E-state index in [-0.39, 0.29) is 24.2 Å². The molecule has 0 saturated carbocycles. The molecule has 1 aromatic heterocycles. The highest BCUT2D eigenvalue weighted by molar-refractivity contribution is 8.03. The van der Waals surface area contributed by atoms with Crippen LogP contribution in [0.2, 0.25) is 0 Å². The number of nitrogens with one attached hydrogen (secondary N) is 1. The van der Waals surface area contributed by atoms with Gasteiger partial charge in [0, 0.05) is 10.9 Å². The molecule has 2 aromatic carbocycles. The molecule has 1 aliphatic rings. The Bertz CT molecular complexity index is 1070. The second-order valence-electron chi connectivity index (χ2n) is 6.25. The maximum atomic E-state index is 13.1. The third kappa shape index (κ3) is 4.55. The normalized spacial score (nSPS) is 13.9. The van der Waals surface area contributed by atoms with E-state index in [2.05, 4.69) is 10.3 Å². The Balaban J connectivity index is 1.46. The number of aromatic nitrogens is 1. The smallest absolute Gasteiger partial charge is 0.246 e. The van der Waals surface area contributed by atoms with E-state index in [9.17, 15) is 14.0 Å². The second-order valence-corrected chi connectivity index (χ2v) is 7.97. The summed E-state index contributed by atoms with van der Waals surface area (Å²) in [5.41, 5.74) is 3.02. The quantitative estimate of drug-likeness (QED) is 0.656. The minimum absolute atomic E-state index is 0.0917. The topological polar surface area (TPSA) is 62.3 Å². The van der Waals surface area contributed by atoms with Crippen molar-refractivity contribution in [3.63, 3.8) is 0 Å². The molecule has 0 fully saturated rings. The van der Waals surface area contributed by atoms with Gasteiger partial charge in [0.1, 0.15) is 12.4 Å². The van der Waals surface area contributed by atoms with E-state index in [0.717, 1.165) is 11.1 Å². The molecule has 2 amide bonds. The van der Waals surface area contributed by atoms with Crippen molar-refractivity contribution in [3.05, 3.63) is 76.8 Å². The number of carbonyl (C=O) groups excluding carboxylic acids is 2. The highest BCUT2D eigenvalue weighted by Crippen LogP contribution is 2.29. The monoisotopic (exact) mass is 425 g/mol. The Labute approximate surface area is 175 Å². The van der Waals surface area contributed by atoms with Crippen molar-refractivity contribution in [1.29, 1.82) is 0 Å². The fraction of sp³-hybridized carbons (Fsp3) is 0.0952. The number of thiazole rings is 1. The van der Waals surface area contributed by atoms with Crippen LogP contribution in [0.1, 0.15) is 5.56 Å². The molecule has 3 aromatic rings. The number of rotatable bonds is 5. The Kier molecular flexibility index (Phi) is 5.73. The van der Waals surface area contributed by atoms with Crippen LogP contribution in [-0.2, 0) is 9.59 Å². The van der Waals surface area contributed by atoms with Crippen molar-refractivity contribution in [1.82, 2.24) is 9.88 Å². The van der Waals surface area contributed by atoms with Crippen LogP contribution >= 0.6 is 23.1 Å². The fourth-order valence-electron chi connectivity index (χ4n) is 2.86. The number of halogens is 1. The van der Waals surface area contributed by atoms with Crippen molar-refractivity contribution in [2.45, 2.75) is 0 Å². The van der Waals surface area contributed by atoms with Crippen LogP contribution in [0.5, 0.6) is 0 Å². The minimum atomic E-state index is -0.327. The first-order valence-corrected chi connectivity index (χ1v) is 10.7. The van der Waals surface area contributed by atoms with E-state index in [1.165, 1.54) is 40.1 Å². The van der Waals surface area contributed by atoms with Crippen LogP contribution < -0.4 is 5.32 Å². The van der Waals surface area contributed by atoms with E-state index in [4.69, 9.17) is 0 Å². The predicted octanol–water partition coefficient (Wildman–Crippen LogP) is 4.46. The van der Waals surface area contributed by atoms with Gasteiger partial charge in [-0.1, -0.05) is 30.3 Å². The van der Waals surface area contributed by atoms with E-state index < -0.39 is 0 Å². The SMILES string of the molecule is O=C(CN1C(=O)CSC=C1c1ccccc1)Nc1nc(-c2ccc(F)cc2)cs1. The third-order valence-corrected chi connectivity index (χ3v) is 5.82. The lowest BCUT2D eigenvalue weighted by molar-refractivity contribution is -0.129. The van der Waals surface area contributed by atoms with Gasteiger partial charge in [-0.25, -0.2) is 9.37 Å². The van der Waals surface area contributed by atoms with Gasteiger partial charge in [-0.2, -0.15) is 0 Å². The second kappa shape index (κ2) is 8.59. The number of thioether (sulfide) groups is 1. The summed E-state index contributed by atoms with van der Waals surface area (Å²) in [6.07, 6.45) is 0. The van der Waals surface area contributed by atoms with Gasteiger partial charge in [0.25, 0.3) is 0 Å². The lowest BCUT2D eigenvalue weighted by Gasteiger charge is -2.28. The molecule has 1 aliphatic heterocycles. The first kappa shape index (κ1) is 19.4. The summed E-state index contributed by atoms with van der Waals surface area (Å²) in [6, 6.07) is 15.5. The van der Waals surface area contributed by atoms with Crippen LogP contribution in [0.3, 0.4) is 0 Å². The molecular formula is C21H16FN3O2S2. The summed E-state index contributed by atoms with van der Waals surface area (Å²) in [6.45, 7) is -0.0917. The molecule has 4 rings (SSSR count). The maximum absolute atomic E-state index is 13.1. The summed E-state index contributed by atoms with van der Waals surface area (Å²) in [5, 5.41) is 6.87.